The average molecular weight is 396 g/mol. The first-order valence-corrected chi connectivity index (χ1v) is 11.1. The van der Waals surface area contributed by atoms with Gasteiger partial charge >= 0.3 is 0 Å². The fraction of sp³-hybridized carbons (Fsp3) is 0.227. The zero-order valence-electron chi connectivity index (χ0n) is 14.9. The highest BCUT2D eigenvalue weighted by Gasteiger charge is 2.16. The SMILES string of the molecule is O=C(COc1ccc(C2SCCCS2)cc1)Nc1cccc2ccccc12. The van der Waals surface area contributed by atoms with E-state index in [-0.39, 0.29) is 12.5 Å². The van der Waals surface area contributed by atoms with Crippen LogP contribution in [0.2, 0.25) is 0 Å². The lowest BCUT2D eigenvalue weighted by Crippen LogP contribution is -2.20. The predicted molar refractivity (Wildman–Crippen MR) is 117 cm³/mol. The van der Waals surface area contributed by atoms with Gasteiger partial charge in [-0.3, -0.25) is 4.79 Å². The molecule has 27 heavy (non-hydrogen) atoms. The standard InChI is InChI=1S/C22H21NO2S2/c24-21(23-20-8-3-6-16-5-1-2-7-19(16)20)15-25-18-11-9-17(10-12-18)22-26-13-4-14-27-22/h1-3,5-12,22H,4,13-15H2,(H,23,24). The van der Waals surface area contributed by atoms with E-state index in [0.29, 0.717) is 4.58 Å². The molecule has 138 valence electrons. The molecule has 0 bridgehead atoms. The van der Waals surface area contributed by atoms with Crippen molar-refractivity contribution in [2.75, 3.05) is 23.4 Å². The maximum absolute atomic E-state index is 12.3. The normalized spacial score (nSPS) is 14.8. The largest absolute Gasteiger partial charge is 0.484 e. The van der Waals surface area contributed by atoms with E-state index >= 15 is 0 Å². The van der Waals surface area contributed by atoms with Gasteiger partial charge in [0.05, 0.1) is 4.58 Å². The third-order valence-corrected chi connectivity index (χ3v) is 7.43. The summed E-state index contributed by atoms with van der Waals surface area (Å²) in [5.74, 6) is 3.01. The fourth-order valence-corrected chi connectivity index (χ4v) is 5.97. The summed E-state index contributed by atoms with van der Waals surface area (Å²) in [7, 11) is 0. The molecule has 1 amide bonds. The van der Waals surface area contributed by atoms with Crippen molar-refractivity contribution in [3.05, 3.63) is 72.3 Å². The zero-order valence-corrected chi connectivity index (χ0v) is 16.5. The van der Waals surface area contributed by atoms with Crippen molar-refractivity contribution in [2.45, 2.75) is 11.0 Å². The lowest BCUT2D eigenvalue weighted by atomic mass is 10.1. The molecule has 0 aromatic heterocycles. The Labute approximate surface area is 167 Å². The van der Waals surface area contributed by atoms with Crippen molar-refractivity contribution in [1.82, 2.24) is 0 Å². The van der Waals surface area contributed by atoms with E-state index in [1.165, 1.54) is 23.5 Å². The Kier molecular flexibility index (Phi) is 5.90. The van der Waals surface area contributed by atoms with Crippen molar-refractivity contribution in [1.29, 1.82) is 0 Å². The van der Waals surface area contributed by atoms with Gasteiger partial charge in [0.1, 0.15) is 5.75 Å². The average Bonchev–Trinajstić information content (AvgIpc) is 2.74. The summed E-state index contributed by atoms with van der Waals surface area (Å²) in [5, 5.41) is 5.08. The number of anilines is 1. The molecule has 0 saturated carbocycles. The van der Waals surface area contributed by atoms with Crippen LogP contribution >= 0.6 is 23.5 Å². The predicted octanol–water partition coefficient (Wildman–Crippen LogP) is 5.73. The molecule has 3 aromatic carbocycles. The van der Waals surface area contributed by atoms with Crippen LogP contribution in [-0.2, 0) is 4.79 Å². The molecule has 0 radical (unpaired) electrons. The third-order valence-electron chi connectivity index (χ3n) is 4.41. The molecule has 1 aliphatic heterocycles. The molecular weight excluding hydrogens is 374 g/mol. The maximum atomic E-state index is 12.3. The van der Waals surface area contributed by atoms with Crippen LogP contribution < -0.4 is 10.1 Å². The number of amides is 1. The van der Waals surface area contributed by atoms with E-state index in [9.17, 15) is 4.79 Å². The minimum Gasteiger partial charge on any atom is -0.484 e. The molecular formula is C22H21NO2S2. The molecule has 3 aromatic rings. The van der Waals surface area contributed by atoms with E-state index in [4.69, 9.17) is 4.74 Å². The number of hydrogen-bond acceptors (Lipinski definition) is 4. The highest BCUT2D eigenvalue weighted by Crippen LogP contribution is 2.43. The maximum Gasteiger partial charge on any atom is 0.262 e. The molecule has 0 atom stereocenters. The first kappa shape index (κ1) is 18.3. The number of carbonyl (C=O) groups is 1. The van der Waals surface area contributed by atoms with Gasteiger partial charge in [0.15, 0.2) is 6.61 Å². The summed E-state index contributed by atoms with van der Waals surface area (Å²) in [4.78, 5) is 12.3. The van der Waals surface area contributed by atoms with Crippen LogP contribution in [0.1, 0.15) is 16.6 Å². The second kappa shape index (κ2) is 8.72. The van der Waals surface area contributed by atoms with Crippen molar-refractivity contribution in [2.24, 2.45) is 0 Å². The van der Waals surface area contributed by atoms with Crippen LogP contribution in [0.5, 0.6) is 5.75 Å². The summed E-state index contributed by atoms with van der Waals surface area (Å²) < 4.78 is 6.18. The van der Waals surface area contributed by atoms with Gasteiger partial charge in [-0.05, 0) is 47.1 Å². The second-order valence-electron chi connectivity index (χ2n) is 6.36. The molecule has 4 rings (SSSR count). The van der Waals surface area contributed by atoms with Crippen LogP contribution in [0, 0.1) is 0 Å². The van der Waals surface area contributed by atoms with Crippen LogP contribution in [0.3, 0.4) is 0 Å². The highest BCUT2D eigenvalue weighted by molar-refractivity contribution is 8.16. The molecule has 5 heteroatoms. The molecule has 0 unspecified atom stereocenters. The summed E-state index contributed by atoms with van der Waals surface area (Å²) in [6.45, 7) is -0.00447. The Balaban J connectivity index is 1.35. The summed E-state index contributed by atoms with van der Waals surface area (Å²) in [6.07, 6.45) is 1.29. The van der Waals surface area contributed by atoms with Crippen LogP contribution in [0.15, 0.2) is 66.7 Å². The number of rotatable bonds is 5. The monoisotopic (exact) mass is 395 g/mol. The topological polar surface area (TPSA) is 38.3 Å². The van der Waals surface area contributed by atoms with E-state index in [0.717, 1.165) is 22.2 Å². The quantitative estimate of drug-likeness (QED) is 0.599. The number of benzene rings is 3. The van der Waals surface area contributed by atoms with Gasteiger partial charge in [0.2, 0.25) is 0 Å². The summed E-state index contributed by atoms with van der Waals surface area (Å²) in [5.41, 5.74) is 2.13. The van der Waals surface area contributed by atoms with E-state index in [1.54, 1.807) is 0 Å². The molecule has 1 saturated heterocycles. The molecule has 0 spiro atoms. The molecule has 0 aliphatic carbocycles. The van der Waals surface area contributed by atoms with Gasteiger partial charge in [-0.15, -0.1) is 23.5 Å². The Bertz CT molecular complexity index is 916. The Morgan fingerprint density at radius 3 is 2.52 bits per heavy atom. The van der Waals surface area contributed by atoms with E-state index in [2.05, 4.69) is 17.4 Å². The van der Waals surface area contributed by atoms with Gasteiger partial charge in [0.25, 0.3) is 5.91 Å². The minimum atomic E-state index is -0.158. The number of fused-ring (bicyclic) bond motifs is 1. The number of ether oxygens (including phenoxy) is 1. The molecule has 3 nitrogen and oxygen atoms in total. The lowest BCUT2D eigenvalue weighted by Gasteiger charge is -2.21. The number of hydrogen-bond donors (Lipinski definition) is 1. The van der Waals surface area contributed by atoms with Gasteiger partial charge < -0.3 is 10.1 Å². The van der Waals surface area contributed by atoms with Gasteiger partial charge in [-0.2, -0.15) is 0 Å². The number of carbonyl (C=O) groups excluding carboxylic acids is 1. The Morgan fingerprint density at radius 2 is 1.70 bits per heavy atom. The van der Waals surface area contributed by atoms with Crippen LogP contribution in [-0.4, -0.2) is 24.0 Å². The second-order valence-corrected chi connectivity index (χ2v) is 9.08. The highest BCUT2D eigenvalue weighted by atomic mass is 32.2. The third kappa shape index (κ3) is 4.60. The number of nitrogens with one attached hydrogen (secondary N) is 1. The van der Waals surface area contributed by atoms with E-state index < -0.39 is 0 Å². The van der Waals surface area contributed by atoms with Gasteiger partial charge in [-0.25, -0.2) is 0 Å². The first-order valence-electron chi connectivity index (χ1n) is 9.03. The van der Waals surface area contributed by atoms with Gasteiger partial charge in [-0.1, -0.05) is 48.5 Å². The van der Waals surface area contributed by atoms with Crippen molar-refractivity contribution < 1.29 is 9.53 Å². The summed E-state index contributed by atoms with van der Waals surface area (Å²) >= 11 is 4.00. The lowest BCUT2D eigenvalue weighted by molar-refractivity contribution is -0.118. The van der Waals surface area contributed by atoms with Crippen LogP contribution in [0.4, 0.5) is 5.69 Å². The number of thioether (sulfide) groups is 2. The molecule has 1 aliphatic rings. The van der Waals surface area contributed by atoms with Gasteiger partial charge in [0, 0.05) is 11.1 Å². The Morgan fingerprint density at radius 1 is 0.963 bits per heavy atom. The molecule has 1 heterocycles. The fourth-order valence-electron chi connectivity index (χ4n) is 3.07. The van der Waals surface area contributed by atoms with Crippen molar-refractivity contribution >= 4 is 45.9 Å². The minimum absolute atomic E-state index is 0.00447. The first-order chi connectivity index (χ1) is 13.3. The molecule has 1 fully saturated rings. The smallest absolute Gasteiger partial charge is 0.262 e. The van der Waals surface area contributed by atoms with Crippen molar-refractivity contribution in [3.8, 4) is 5.75 Å². The Hall–Kier alpha value is -2.11. The summed E-state index contributed by atoms with van der Waals surface area (Å²) in [6, 6.07) is 22.0. The van der Waals surface area contributed by atoms with Crippen molar-refractivity contribution in [3.63, 3.8) is 0 Å². The van der Waals surface area contributed by atoms with Crippen LogP contribution in [0.25, 0.3) is 10.8 Å². The van der Waals surface area contributed by atoms with E-state index in [1.807, 2.05) is 78.1 Å². The molecule has 1 N–H and O–H groups in total. The zero-order chi connectivity index (χ0) is 18.5.